The van der Waals surface area contributed by atoms with Gasteiger partial charge in [0.2, 0.25) is 0 Å². The molecule has 0 unspecified atom stereocenters. The van der Waals surface area contributed by atoms with Gasteiger partial charge < -0.3 is 14.6 Å². The Morgan fingerprint density at radius 2 is 1.73 bits per heavy atom. The van der Waals surface area contributed by atoms with Gasteiger partial charge in [-0.2, -0.15) is 0 Å². The number of rotatable bonds is 5. The van der Waals surface area contributed by atoms with E-state index in [1.165, 1.54) is 6.42 Å². The lowest BCUT2D eigenvalue weighted by molar-refractivity contribution is -0.145. The molecule has 0 spiro atoms. The minimum absolute atomic E-state index is 0.350. The lowest BCUT2D eigenvalue weighted by atomic mass is 9.66. The van der Waals surface area contributed by atoms with Crippen LogP contribution in [0.15, 0.2) is 24.3 Å². The van der Waals surface area contributed by atoms with E-state index < -0.39 is 23.1 Å². The van der Waals surface area contributed by atoms with Gasteiger partial charge in [-0.3, -0.25) is 4.79 Å². The molecule has 0 atom stereocenters. The van der Waals surface area contributed by atoms with Crippen LogP contribution in [0.1, 0.15) is 71.8 Å². The van der Waals surface area contributed by atoms with Gasteiger partial charge in [0.05, 0.1) is 5.41 Å². The molecule has 1 aliphatic carbocycles. The molecule has 1 fully saturated rings. The fraction of sp³-hybridized carbons (Fsp3) is 0.619. The Labute approximate surface area is 155 Å². The van der Waals surface area contributed by atoms with Crippen molar-refractivity contribution in [2.45, 2.75) is 77.2 Å². The van der Waals surface area contributed by atoms with Gasteiger partial charge in [0.1, 0.15) is 11.4 Å². The van der Waals surface area contributed by atoms with E-state index in [1.54, 1.807) is 45.0 Å². The van der Waals surface area contributed by atoms with Crippen LogP contribution in [0.3, 0.4) is 0 Å². The Morgan fingerprint density at radius 3 is 2.19 bits per heavy atom. The van der Waals surface area contributed by atoms with Gasteiger partial charge in [0, 0.05) is 0 Å². The third-order valence-corrected chi connectivity index (χ3v) is 5.06. The summed E-state index contributed by atoms with van der Waals surface area (Å²) in [7, 11) is 0. The fourth-order valence-electron chi connectivity index (χ4n) is 3.70. The van der Waals surface area contributed by atoms with Gasteiger partial charge in [-0.05, 0) is 70.1 Å². The normalized spacial score (nSPS) is 23.3. The first kappa shape index (κ1) is 20.3. The summed E-state index contributed by atoms with van der Waals surface area (Å²) in [5.41, 5.74) is -0.688. The number of hydrogen-bond donors (Lipinski definition) is 1. The first-order valence-corrected chi connectivity index (χ1v) is 9.41. The first-order chi connectivity index (χ1) is 12.2. The Bertz CT molecular complexity index is 619. The molecular formula is C21H30O5. The Balaban J connectivity index is 2.09. The van der Waals surface area contributed by atoms with E-state index >= 15 is 0 Å². The molecule has 5 heteroatoms. The molecule has 1 aliphatic rings. The van der Waals surface area contributed by atoms with Crippen LogP contribution >= 0.6 is 0 Å². The lowest BCUT2D eigenvalue weighted by Crippen LogP contribution is -2.39. The zero-order valence-corrected chi connectivity index (χ0v) is 16.2. The number of carboxylic acids is 1. The quantitative estimate of drug-likeness (QED) is 0.567. The van der Waals surface area contributed by atoms with Crippen molar-refractivity contribution in [1.29, 1.82) is 0 Å². The second-order valence-electron chi connectivity index (χ2n) is 8.21. The van der Waals surface area contributed by atoms with E-state index in [0.717, 1.165) is 24.8 Å². The van der Waals surface area contributed by atoms with Gasteiger partial charge in [0.25, 0.3) is 0 Å². The second kappa shape index (κ2) is 8.11. The molecule has 5 nitrogen and oxygen atoms in total. The topological polar surface area (TPSA) is 72.8 Å². The van der Waals surface area contributed by atoms with Crippen molar-refractivity contribution in [2.24, 2.45) is 5.92 Å². The molecule has 0 aromatic heterocycles. The molecule has 1 aromatic carbocycles. The molecule has 1 aromatic rings. The van der Waals surface area contributed by atoms with Crippen molar-refractivity contribution in [3.63, 3.8) is 0 Å². The fourth-order valence-corrected chi connectivity index (χ4v) is 3.70. The molecular weight excluding hydrogens is 332 g/mol. The highest BCUT2D eigenvalue weighted by molar-refractivity contribution is 5.81. The lowest BCUT2D eigenvalue weighted by Gasteiger charge is -2.37. The third-order valence-electron chi connectivity index (χ3n) is 5.06. The van der Waals surface area contributed by atoms with Crippen molar-refractivity contribution in [2.75, 3.05) is 0 Å². The Morgan fingerprint density at radius 1 is 1.15 bits per heavy atom. The maximum absolute atomic E-state index is 12.1. The van der Waals surface area contributed by atoms with Gasteiger partial charge >= 0.3 is 12.1 Å². The summed E-state index contributed by atoms with van der Waals surface area (Å²) in [6.45, 7) is 7.47. The highest BCUT2D eigenvalue weighted by atomic mass is 16.7. The van der Waals surface area contributed by atoms with Crippen LogP contribution in [0.5, 0.6) is 5.75 Å². The van der Waals surface area contributed by atoms with E-state index in [9.17, 15) is 14.7 Å². The number of ether oxygens (including phenoxy) is 2. The Hall–Kier alpha value is -2.04. The molecule has 0 radical (unpaired) electrons. The molecule has 0 saturated heterocycles. The van der Waals surface area contributed by atoms with Crippen molar-refractivity contribution in [3.05, 3.63) is 29.8 Å². The van der Waals surface area contributed by atoms with E-state index in [-0.39, 0.29) is 0 Å². The molecule has 144 valence electrons. The van der Waals surface area contributed by atoms with Gasteiger partial charge in [-0.25, -0.2) is 4.79 Å². The summed E-state index contributed by atoms with van der Waals surface area (Å²) in [5.74, 6) is 0.207. The Kier molecular flexibility index (Phi) is 6.32. The number of hydrogen-bond acceptors (Lipinski definition) is 4. The largest absolute Gasteiger partial charge is 0.514 e. The average Bonchev–Trinajstić information content (AvgIpc) is 2.55. The van der Waals surface area contributed by atoms with E-state index in [2.05, 4.69) is 6.92 Å². The number of carbonyl (C=O) groups excluding carboxylic acids is 1. The predicted octanol–water partition coefficient (Wildman–Crippen LogP) is 5.31. The predicted molar refractivity (Wildman–Crippen MR) is 99.5 cm³/mol. The van der Waals surface area contributed by atoms with Crippen LogP contribution in [0.25, 0.3) is 0 Å². The van der Waals surface area contributed by atoms with Gasteiger partial charge in [-0.1, -0.05) is 31.9 Å². The van der Waals surface area contributed by atoms with Gasteiger partial charge in [0.15, 0.2) is 0 Å². The summed E-state index contributed by atoms with van der Waals surface area (Å²) in [6.07, 6.45) is 4.73. The van der Waals surface area contributed by atoms with Crippen LogP contribution in [0, 0.1) is 5.92 Å². The molecule has 0 bridgehead atoms. The molecule has 1 saturated carbocycles. The first-order valence-electron chi connectivity index (χ1n) is 9.41. The van der Waals surface area contributed by atoms with E-state index in [4.69, 9.17) is 9.47 Å². The molecule has 1 N–H and O–H groups in total. The number of benzene rings is 1. The molecule has 26 heavy (non-hydrogen) atoms. The third kappa shape index (κ3) is 4.99. The molecule has 0 amide bonds. The van der Waals surface area contributed by atoms with Crippen LogP contribution < -0.4 is 4.74 Å². The highest BCUT2D eigenvalue weighted by Gasteiger charge is 2.43. The number of carboxylic acid groups (broad SMARTS) is 1. The second-order valence-corrected chi connectivity index (χ2v) is 8.21. The maximum Gasteiger partial charge on any atom is 0.514 e. The maximum atomic E-state index is 12.1. The van der Waals surface area contributed by atoms with Gasteiger partial charge in [-0.15, -0.1) is 0 Å². The van der Waals surface area contributed by atoms with Crippen molar-refractivity contribution in [3.8, 4) is 5.75 Å². The summed E-state index contributed by atoms with van der Waals surface area (Å²) >= 11 is 0. The smallest absolute Gasteiger partial charge is 0.481 e. The zero-order chi connectivity index (χ0) is 19.4. The highest BCUT2D eigenvalue weighted by Crippen LogP contribution is 2.43. The number of aliphatic carboxylic acids is 1. The molecule has 2 rings (SSSR count). The van der Waals surface area contributed by atoms with E-state index in [0.29, 0.717) is 24.5 Å². The number of carbonyl (C=O) groups is 2. The van der Waals surface area contributed by atoms with Crippen LogP contribution in [-0.4, -0.2) is 22.8 Å². The summed E-state index contributed by atoms with van der Waals surface area (Å²) in [5, 5.41) is 9.90. The van der Waals surface area contributed by atoms with Crippen LogP contribution in [0.2, 0.25) is 0 Å². The standard InChI is InChI=1S/C21H30O5/c1-5-6-15-11-13-21(14-12-15,18(22)23)16-7-9-17(10-8-16)25-19(24)26-20(2,3)4/h7-10,15H,5-6,11-14H2,1-4H3,(H,22,23). The van der Waals surface area contributed by atoms with Crippen molar-refractivity contribution in [1.82, 2.24) is 0 Å². The minimum Gasteiger partial charge on any atom is -0.481 e. The monoisotopic (exact) mass is 362 g/mol. The summed E-state index contributed by atoms with van der Waals surface area (Å²) in [6, 6.07) is 6.80. The average molecular weight is 362 g/mol. The molecule has 0 aliphatic heterocycles. The van der Waals surface area contributed by atoms with Crippen LogP contribution in [-0.2, 0) is 14.9 Å². The SMILES string of the molecule is CCCC1CCC(C(=O)O)(c2ccc(OC(=O)OC(C)(C)C)cc2)CC1. The van der Waals surface area contributed by atoms with E-state index in [1.807, 2.05) is 0 Å². The molecule has 0 heterocycles. The summed E-state index contributed by atoms with van der Waals surface area (Å²) in [4.78, 5) is 23.8. The van der Waals surface area contributed by atoms with Crippen molar-refractivity contribution < 1.29 is 24.2 Å². The van der Waals surface area contributed by atoms with Crippen molar-refractivity contribution >= 4 is 12.1 Å². The summed E-state index contributed by atoms with van der Waals surface area (Å²) < 4.78 is 10.3. The van der Waals surface area contributed by atoms with Crippen LogP contribution in [0.4, 0.5) is 4.79 Å². The minimum atomic E-state index is -0.839. The zero-order valence-electron chi connectivity index (χ0n) is 16.2.